The van der Waals surface area contributed by atoms with E-state index in [2.05, 4.69) is 5.32 Å². The number of rotatable bonds is 5. The van der Waals surface area contributed by atoms with E-state index in [1.54, 1.807) is 0 Å². The molecule has 1 aliphatic rings. The van der Waals surface area contributed by atoms with Crippen molar-refractivity contribution in [1.82, 2.24) is 5.32 Å². The average Bonchev–Trinajstić information content (AvgIpc) is 2.70. The van der Waals surface area contributed by atoms with Gasteiger partial charge in [0.05, 0.1) is 18.6 Å². The van der Waals surface area contributed by atoms with E-state index in [0.29, 0.717) is 26.2 Å². The van der Waals surface area contributed by atoms with Crippen LogP contribution < -0.4 is 5.32 Å². The Kier molecular flexibility index (Phi) is 5.05. The Hall–Kier alpha value is -0.610. The molecule has 0 aromatic rings. The molecule has 4 nitrogen and oxygen atoms in total. The maximum absolute atomic E-state index is 11.5. The smallest absolute Gasteiger partial charge is 0.225 e. The van der Waals surface area contributed by atoms with Gasteiger partial charge in [-0.05, 0) is 18.8 Å². The van der Waals surface area contributed by atoms with Gasteiger partial charge in [0.2, 0.25) is 5.91 Å². The van der Waals surface area contributed by atoms with Crippen molar-refractivity contribution in [2.75, 3.05) is 19.8 Å². The van der Waals surface area contributed by atoms with E-state index in [4.69, 9.17) is 4.74 Å². The first-order valence-electron chi connectivity index (χ1n) is 5.64. The van der Waals surface area contributed by atoms with Crippen LogP contribution in [0.4, 0.5) is 0 Å². The second kappa shape index (κ2) is 6.08. The Bertz CT molecular complexity index is 200. The molecule has 15 heavy (non-hydrogen) atoms. The number of aliphatic hydroxyl groups is 1. The number of aliphatic hydroxyl groups excluding tert-OH is 1. The van der Waals surface area contributed by atoms with Gasteiger partial charge in [0.1, 0.15) is 0 Å². The van der Waals surface area contributed by atoms with Crippen molar-refractivity contribution in [3.05, 3.63) is 0 Å². The van der Waals surface area contributed by atoms with Crippen LogP contribution in [0.1, 0.15) is 26.7 Å². The summed E-state index contributed by atoms with van der Waals surface area (Å²) in [7, 11) is 0. The number of nitrogens with one attached hydrogen (secondary N) is 1. The van der Waals surface area contributed by atoms with Crippen molar-refractivity contribution in [3.63, 3.8) is 0 Å². The van der Waals surface area contributed by atoms with Gasteiger partial charge in [-0.2, -0.15) is 0 Å². The Morgan fingerprint density at radius 1 is 1.60 bits per heavy atom. The third-order valence-corrected chi connectivity index (χ3v) is 2.81. The summed E-state index contributed by atoms with van der Waals surface area (Å²) in [5.74, 6) is 0.321. The van der Waals surface area contributed by atoms with E-state index >= 15 is 0 Å². The van der Waals surface area contributed by atoms with E-state index < -0.39 is 0 Å². The molecular formula is C11H21NO3. The summed E-state index contributed by atoms with van der Waals surface area (Å²) in [6, 6.07) is 0. The molecule has 1 amide bonds. The fraction of sp³-hybridized carbons (Fsp3) is 0.909. The molecule has 1 fully saturated rings. The zero-order valence-electron chi connectivity index (χ0n) is 9.53. The molecule has 2 atom stereocenters. The van der Waals surface area contributed by atoms with Gasteiger partial charge in [-0.3, -0.25) is 4.79 Å². The number of amides is 1. The molecule has 0 aromatic heterocycles. The van der Waals surface area contributed by atoms with Gasteiger partial charge < -0.3 is 15.2 Å². The van der Waals surface area contributed by atoms with Crippen LogP contribution in [-0.4, -0.2) is 36.9 Å². The summed E-state index contributed by atoms with van der Waals surface area (Å²) in [4.78, 5) is 11.5. The number of carbonyl (C=O) groups excluding carboxylic acids is 1. The molecule has 1 aliphatic heterocycles. The maximum atomic E-state index is 11.5. The fourth-order valence-corrected chi connectivity index (χ4v) is 1.56. The van der Waals surface area contributed by atoms with E-state index in [1.807, 2.05) is 13.8 Å². The SMILES string of the molecule is CC(C)C(O)CCNC(=O)C1CCOC1. The molecular weight excluding hydrogens is 194 g/mol. The predicted molar refractivity (Wildman–Crippen MR) is 57.4 cm³/mol. The van der Waals surface area contributed by atoms with E-state index in [1.165, 1.54) is 0 Å². The first-order valence-corrected chi connectivity index (χ1v) is 5.64. The van der Waals surface area contributed by atoms with Crippen LogP contribution in [0.5, 0.6) is 0 Å². The minimum absolute atomic E-state index is 0.0150. The Labute approximate surface area is 91.0 Å². The molecule has 0 radical (unpaired) electrons. The van der Waals surface area contributed by atoms with E-state index in [0.717, 1.165) is 6.42 Å². The topological polar surface area (TPSA) is 58.6 Å². The highest BCUT2D eigenvalue weighted by molar-refractivity contribution is 5.78. The summed E-state index contributed by atoms with van der Waals surface area (Å²) in [6.45, 7) is 5.72. The molecule has 1 rings (SSSR count). The van der Waals surface area contributed by atoms with Gasteiger partial charge in [0.15, 0.2) is 0 Å². The fourth-order valence-electron chi connectivity index (χ4n) is 1.56. The molecule has 88 valence electrons. The van der Waals surface area contributed by atoms with E-state index in [9.17, 15) is 9.90 Å². The third-order valence-electron chi connectivity index (χ3n) is 2.81. The Morgan fingerprint density at radius 2 is 2.33 bits per heavy atom. The Balaban J connectivity index is 2.11. The van der Waals surface area contributed by atoms with Crippen LogP contribution >= 0.6 is 0 Å². The highest BCUT2D eigenvalue weighted by Gasteiger charge is 2.23. The summed E-state index contributed by atoms with van der Waals surface area (Å²) in [5, 5.41) is 12.4. The molecule has 2 unspecified atom stereocenters. The van der Waals surface area contributed by atoms with Crippen LogP contribution in [0.2, 0.25) is 0 Å². The summed E-state index contributed by atoms with van der Waals surface area (Å²) < 4.78 is 5.13. The number of hydrogen-bond donors (Lipinski definition) is 2. The zero-order chi connectivity index (χ0) is 11.3. The first kappa shape index (κ1) is 12.5. The summed E-state index contributed by atoms with van der Waals surface area (Å²) in [6.07, 6.45) is 1.11. The molecule has 0 saturated carbocycles. The number of ether oxygens (including phenoxy) is 1. The van der Waals surface area contributed by atoms with Gasteiger partial charge in [0.25, 0.3) is 0 Å². The minimum atomic E-state index is -0.329. The second-order valence-corrected chi connectivity index (χ2v) is 4.45. The Morgan fingerprint density at radius 3 is 2.87 bits per heavy atom. The number of hydrogen-bond acceptors (Lipinski definition) is 3. The lowest BCUT2D eigenvalue weighted by Gasteiger charge is -2.15. The maximum Gasteiger partial charge on any atom is 0.225 e. The minimum Gasteiger partial charge on any atom is -0.393 e. The van der Waals surface area contributed by atoms with Crippen molar-refractivity contribution < 1.29 is 14.6 Å². The number of carbonyl (C=O) groups is 1. The summed E-state index contributed by atoms with van der Waals surface area (Å²) in [5.41, 5.74) is 0. The molecule has 0 aromatic carbocycles. The van der Waals surface area contributed by atoms with Gasteiger partial charge >= 0.3 is 0 Å². The van der Waals surface area contributed by atoms with Crippen molar-refractivity contribution in [2.24, 2.45) is 11.8 Å². The van der Waals surface area contributed by atoms with Crippen molar-refractivity contribution in [2.45, 2.75) is 32.8 Å². The quantitative estimate of drug-likeness (QED) is 0.704. The molecule has 2 N–H and O–H groups in total. The summed E-state index contributed by atoms with van der Waals surface area (Å²) >= 11 is 0. The van der Waals surface area contributed by atoms with E-state index in [-0.39, 0.29) is 23.8 Å². The van der Waals surface area contributed by atoms with Gasteiger partial charge in [-0.25, -0.2) is 0 Å². The van der Waals surface area contributed by atoms with Crippen LogP contribution in [0.15, 0.2) is 0 Å². The molecule has 1 heterocycles. The third kappa shape index (κ3) is 4.18. The molecule has 0 bridgehead atoms. The van der Waals surface area contributed by atoms with Gasteiger partial charge in [0, 0.05) is 13.2 Å². The lowest BCUT2D eigenvalue weighted by Crippen LogP contribution is -2.33. The highest BCUT2D eigenvalue weighted by Crippen LogP contribution is 2.12. The lowest BCUT2D eigenvalue weighted by molar-refractivity contribution is -0.125. The highest BCUT2D eigenvalue weighted by atomic mass is 16.5. The second-order valence-electron chi connectivity index (χ2n) is 4.45. The normalized spacial score (nSPS) is 23.1. The average molecular weight is 215 g/mol. The molecule has 0 spiro atoms. The van der Waals surface area contributed by atoms with Gasteiger partial charge in [-0.1, -0.05) is 13.8 Å². The van der Waals surface area contributed by atoms with Crippen LogP contribution in [0.3, 0.4) is 0 Å². The molecule has 4 heteroatoms. The van der Waals surface area contributed by atoms with Crippen LogP contribution in [-0.2, 0) is 9.53 Å². The zero-order valence-corrected chi connectivity index (χ0v) is 9.53. The molecule has 0 aliphatic carbocycles. The largest absolute Gasteiger partial charge is 0.393 e. The van der Waals surface area contributed by atoms with Crippen molar-refractivity contribution in [1.29, 1.82) is 0 Å². The predicted octanol–water partition coefficient (Wildman–Crippen LogP) is 0.546. The van der Waals surface area contributed by atoms with Crippen LogP contribution in [0.25, 0.3) is 0 Å². The standard InChI is InChI=1S/C11H21NO3/c1-8(2)10(13)3-5-12-11(14)9-4-6-15-7-9/h8-10,13H,3-7H2,1-2H3,(H,12,14). The van der Waals surface area contributed by atoms with Crippen molar-refractivity contribution in [3.8, 4) is 0 Å². The van der Waals surface area contributed by atoms with Crippen molar-refractivity contribution >= 4 is 5.91 Å². The molecule has 1 saturated heterocycles. The monoisotopic (exact) mass is 215 g/mol. The van der Waals surface area contributed by atoms with Gasteiger partial charge in [-0.15, -0.1) is 0 Å². The lowest BCUT2D eigenvalue weighted by atomic mass is 10.0. The first-order chi connectivity index (χ1) is 7.11. The van der Waals surface area contributed by atoms with Crippen LogP contribution in [0, 0.1) is 11.8 Å².